The second-order valence-corrected chi connectivity index (χ2v) is 7.37. The molecule has 27 heavy (non-hydrogen) atoms. The molecule has 2 aromatic rings. The maximum atomic E-state index is 13.4. The fourth-order valence-corrected chi connectivity index (χ4v) is 4.01. The van der Waals surface area contributed by atoms with Crippen molar-refractivity contribution in [1.82, 2.24) is 4.90 Å². The lowest BCUT2D eigenvalue weighted by Gasteiger charge is -2.39. The molecule has 3 atom stereocenters. The van der Waals surface area contributed by atoms with Crippen LogP contribution in [0.4, 0.5) is 4.39 Å². The fourth-order valence-electron chi connectivity index (χ4n) is 4.01. The van der Waals surface area contributed by atoms with Gasteiger partial charge < -0.3 is 20.5 Å². The first kappa shape index (κ1) is 18.1. The number of hydrogen-bond acceptors (Lipinski definition) is 4. The van der Waals surface area contributed by atoms with E-state index in [2.05, 4.69) is 6.07 Å². The molecule has 0 radical (unpaired) electrons. The summed E-state index contributed by atoms with van der Waals surface area (Å²) in [6.45, 7) is 0.658. The Bertz CT molecular complexity index is 842. The molecule has 2 aromatic carbocycles. The van der Waals surface area contributed by atoms with Gasteiger partial charge in [-0.15, -0.1) is 0 Å². The van der Waals surface area contributed by atoms with E-state index in [1.165, 1.54) is 17.7 Å². The number of fused-ring (bicyclic) bond motifs is 1. The Morgan fingerprint density at radius 1 is 1.26 bits per heavy atom. The number of hydrogen-bond donors (Lipinski definition) is 2. The first-order chi connectivity index (χ1) is 13.0. The molecule has 1 amide bonds. The van der Waals surface area contributed by atoms with Gasteiger partial charge in [-0.1, -0.05) is 36.4 Å². The van der Waals surface area contributed by atoms with Crippen LogP contribution in [-0.4, -0.2) is 47.3 Å². The third-order valence-corrected chi connectivity index (χ3v) is 5.53. The Hall–Kier alpha value is -2.28. The van der Waals surface area contributed by atoms with Crippen molar-refractivity contribution in [3.63, 3.8) is 0 Å². The van der Waals surface area contributed by atoms with Crippen LogP contribution in [0.5, 0.6) is 0 Å². The minimum Gasteiger partial charge on any atom is -0.386 e. The number of aliphatic hydroxyl groups is 1. The summed E-state index contributed by atoms with van der Waals surface area (Å²) in [7, 11) is 0. The van der Waals surface area contributed by atoms with Crippen LogP contribution in [-0.2, 0) is 16.0 Å². The van der Waals surface area contributed by atoms with Gasteiger partial charge in [-0.05, 0) is 35.2 Å². The van der Waals surface area contributed by atoms with Gasteiger partial charge >= 0.3 is 0 Å². The van der Waals surface area contributed by atoms with E-state index in [0.717, 1.165) is 17.5 Å². The Morgan fingerprint density at radius 2 is 2.00 bits per heavy atom. The molecule has 2 heterocycles. The normalized spacial score (nSPS) is 27.4. The summed E-state index contributed by atoms with van der Waals surface area (Å²) >= 11 is 0. The van der Waals surface area contributed by atoms with E-state index >= 15 is 0 Å². The molecule has 1 saturated heterocycles. The molecule has 5 nitrogen and oxygen atoms in total. The SMILES string of the molecule is NC[C@]1(O)CO[C@@H](C(=O)N2CCc3ccccc3[C@@H]2c2ccc(F)cc2)C1. The molecular weight excluding hydrogens is 347 g/mol. The topological polar surface area (TPSA) is 75.8 Å². The van der Waals surface area contributed by atoms with Crippen LogP contribution in [0.25, 0.3) is 0 Å². The molecular formula is C21H23FN2O3. The summed E-state index contributed by atoms with van der Waals surface area (Å²) in [4.78, 5) is 15.0. The van der Waals surface area contributed by atoms with Crippen molar-refractivity contribution < 1.29 is 19.0 Å². The Kier molecular flexibility index (Phi) is 4.72. The van der Waals surface area contributed by atoms with Crippen LogP contribution in [0, 0.1) is 5.82 Å². The number of amides is 1. The highest BCUT2D eigenvalue weighted by Crippen LogP contribution is 2.37. The number of halogens is 1. The molecule has 3 N–H and O–H groups in total. The third kappa shape index (κ3) is 3.36. The van der Waals surface area contributed by atoms with Crippen LogP contribution in [0.2, 0.25) is 0 Å². The van der Waals surface area contributed by atoms with Gasteiger partial charge in [-0.25, -0.2) is 4.39 Å². The fraction of sp³-hybridized carbons (Fsp3) is 0.381. The maximum absolute atomic E-state index is 13.4. The number of carbonyl (C=O) groups is 1. The summed E-state index contributed by atoms with van der Waals surface area (Å²) < 4.78 is 19.0. The quantitative estimate of drug-likeness (QED) is 0.864. The average molecular weight is 370 g/mol. The summed E-state index contributed by atoms with van der Waals surface area (Å²) in [5.74, 6) is -0.476. The maximum Gasteiger partial charge on any atom is 0.252 e. The molecule has 0 saturated carbocycles. The van der Waals surface area contributed by atoms with E-state index in [1.54, 1.807) is 17.0 Å². The zero-order valence-corrected chi connectivity index (χ0v) is 15.0. The van der Waals surface area contributed by atoms with Crippen LogP contribution in [0.3, 0.4) is 0 Å². The van der Waals surface area contributed by atoms with Crippen LogP contribution in [0.15, 0.2) is 48.5 Å². The van der Waals surface area contributed by atoms with Crippen molar-refractivity contribution in [2.75, 3.05) is 19.7 Å². The summed E-state index contributed by atoms with van der Waals surface area (Å²) in [6, 6.07) is 14.0. The molecule has 142 valence electrons. The number of carbonyl (C=O) groups excluding carboxylic acids is 1. The predicted molar refractivity (Wildman–Crippen MR) is 98.5 cm³/mol. The lowest BCUT2D eigenvalue weighted by Crippen LogP contribution is -2.46. The third-order valence-electron chi connectivity index (χ3n) is 5.53. The lowest BCUT2D eigenvalue weighted by molar-refractivity contribution is -0.143. The van der Waals surface area contributed by atoms with Gasteiger partial charge in [-0.2, -0.15) is 0 Å². The summed E-state index contributed by atoms with van der Waals surface area (Å²) in [5.41, 5.74) is 7.53. The van der Waals surface area contributed by atoms with E-state index < -0.39 is 11.7 Å². The average Bonchev–Trinajstić information content (AvgIpc) is 3.10. The van der Waals surface area contributed by atoms with E-state index in [-0.39, 0.29) is 37.3 Å². The van der Waals surface area contributed by atoms with Gasteiger partial charge in [-0.3, -0.25) is 4.79 Å². The van der Waals surface area contributed by atoms with Crippen molar-refractivity contribution >= 4 is 5.91 Å². The largest absolute Gasteiger partial charge is 0.386 e. The number of nitrogens with zero attached hydrogens (tertiary/aromatic N) is 1. The van der Waals surface area contributed by atoms with E-state index in [4.69, 9.17) is 10.5 Å². The van der Waals surface area contributed by atoms with Crippen molar-refractivity contribution in [2.24, 2.45) is 5.73 Å². The summed E-state index contributed by atoms with van der Waals surface area (Å²) in [6.07, 6.45) is 0.219. The molecule has 2 aliphatic rings. The van der Waals surface area contributed by atoms with Gasteiger partial charge in [0.25, 0.3) is 5.91 Å². The molecule has 4 rings (SSSR count). The number of benzene rings is 2. The smallest absolute Gasteiger partial charge is 0.252 e. The molecule has 0 spiro atoms. The zero-order chi connectivity index (χ0) is 19.0. The van der Waals surface area contributed by atoms with Crippen molar-refractivity contribution in [2.45, 2.75) is 30.6 Å². The minimum atomic E-state index is -1.15. The molecule has 1 fully saturated rings. The predicted octanol–water partition coefficient (Wildman–Crippen LogP) is 1.78. The second-order valence-electron chi connectivity index (χ2n) is 7.37. The Balaban J connectivity index is 1.69. The minimum absolute atomic E-state index is 0.0566. The van der Waals surface area contributed by atoms with E-state index in [1.807, 2.05) is 18.2 Å². The monoisotopic (exact) mass is 370 g/mol. The van der Waals surface area contributed by atoms with Crippen molar-refractivity contribution in [3.8, 4) is 0 Å². The number of rotatable bonds is 3. The first-order valence-corrected chi connectivity index (χ1v) is 9.18. The standard InChI is InChI=1S/C21H23FN2O3/c22-16-7-5-15(6-8-16)19-17-4-2-1-3-14(17)9-10-24(19)20(25)18-11-21(26,12-23)13-27-18/h1-8,18-19,26H,9-13,23H2/t18-,19+,21+/m1/s1. The molecule has 2 aliphatic heterocycles. The van der Waals surface area contributed by atoms with Gasteiger partial charge in [0.15, 0.2) is 0 Å². The van der Waals surface area contributed by atoms with Gasteiger partial charge in [0.1, 0.15) is 17.5 Å². The highest BCUT2D eigenvalue weighted by Gasteiger charge is 2.44. The van der Waals surface area contributed by atoms with Crippen molar-refractivity contribution in [3.05, 3.63) is 71.0 Å². The van der Waals surface area contributed by atoms with Gasteiger partial charge in [0, 0.05) is 19.5 Å². The van der Waals surface area contributed by atoms with Crippen LogP contribution < -0.4 is 5.73 Å². The number of ether oxygens (including phenoxy) is 1. The first-order valence-electron chi connectivity index (χ1n) is 9.18. The molecule has 0 aromatic heterocycles. The van der Waals surface area contributed by atoms with Gasteiger partial charge in [0.05, 0.1) is 12.6 Å². The van der Waals surface area contributed by atoms with Crippen molar-refractivity contribution in [1.29, 1.82) is 0 Å². The molecule has 0 aliphatic carbocycles. The van der Waals surface area contributed by atoms with Crippen LogP contribution in [0.1, 0.15) is 29.2 Å². The lowest BCUT2D eigenvalue weighted by atomic mass is 9.87. The molecule has 0 bridgehead atoms. The number of nitrogens with two attached hydrogens (primary N) is 1. The molecule has 0 unspecified atom stereocenters. The second kappa shape index (κ2) is 7.03. The van der Waals surface area contributed by atoms with E-state index in [9.17, 15) is 14.3 Å². The van der Waals surface area contributed by atoms with E-state index in [0.29, 0.717) is 6.54 Å². The highest BCUT2D eigenvalue weighted by atomic mass is 19.1. The Labute approximate surface area is 157 Å². The van der Waals surface area contributed by atoms with Crippen LogP contribution >= 0.6 is 0 Å². The summed E-state index contributed by atoms with van der Waals surface area (Å²) in [5, 5.41) is 10.3. The zero-order valence-electron chi connectivity index (χ0n) is 15.0. The Morgan fingerprint density at radius 3 is 2.70 bits per heavy atom. The van der Waals surface area contributed by atoms with Gasteiger partial charge in [0.2, 0.25) is 0 Å². The highest BCUT2D eigenvalue weighted by molar-refractivity contribution is 5.82. The molecule has 6 heteroatoms.